The van der Waals surface area contributed by atoms with Crippen LogP contribution in [0.4, 0.5) is 0 Å². The van der Waals surface area contributed by atoms with Crippen molar-refractivity contribution in [1.82, 2.24) is 15.1 Å². The van der Waals surface area contributed by atoms with E-state index in [0.717, 1.165) is 66.6 Å². The number of amides is 2. The summed E-state index contributed by atoms with van der Waals surface area (Å²) in [6.07, 6.45) is 6.76. The Labute approximate surface area is 201 Å². The molecule has 1 N–H and O–H groups in total. The summed E-state index contributed by atoms with van der Waals surface area (Å²) in [5.74, 6) is 1.08. The van der Waals surface area contributed by atoms with E-state index in [1.807, 2.05) is 29.2 Å². The quantitative estimate of drug-likeness (QED) is 0.760. The van der Waals surface area contributed by atoms with Gasteiger partial charge in [-0.1, -0.05) is 24.3 Å². The van der Waals surface area contributed by atoms with Gasteiger partial charge >= 0.3 is 0 Å². The fourth-order valence-electron chi connectivity index (χ4n) is 5.61. The molecule has 2 saturated heterocycles. The van der Waals surface area contributed by atoms with Crippen LogP contribution in [0.1, 0.15) is 60.0 Å². The Balaban J connectivity index is 1.13. The third kappa shape index (κ3) is 4.27. The number of hydrogen-bond acceptors (Lipinski definition) is 4. The summed E-state index contributed by atoms with van der Waals surface area (Å²) in [4.78, 5) is 34.6. The van der Waals surface area contributed by atoms with Crippen LogP contribution < -0.4 is 5.32 Å². The summed E-state index contributed by atoms with van der Waals surface area (Å²) in [6.45, 7) is 4.71. The van der Waals surface area contributed by atoms with Crippen LogP contribution in [-0.2, 0) is 11.3 Å². The number of amidine groups is 1. The lowest BCUT2D eigenvalue weighted by atomic mass is 9.97. The van der Waals surface area contributed by atoms with Crippen molar-refractivity contribution in [2.45, 2.75) is 51.1 Å². The van der Waals surface area contributed by atoms with Gasteiger partial charge in [0, 0.05) is 36.2 Å². The molecule has 2 aromatic rings. The monoisotopic (exact) mass is 456 g/mol. The second-order valence-corrected chi connectivity index (χ2v) is 10.1. The van der Waals surface area contributed by atoms with Crippen molar-refractivity contribution in [3.63, 3.8) is 0 Å². The van der Waals surface area contributed by atoms with Gasteiger partial charge < -0.3 is 15.1 Å². The molecule has 0 radical (unpaired) electrons. The number of nitrogens with zero attached hydrogens (tertiary/aromatic N) is 3. The van der Waals surface area contributed by atoms with Crippen molar-refractivity contribution in [2.24, 2.45) is 10.9 Å². The summed E-state index contributed by atoms with van der Waals surface area (Å²) in [5.41, 5.74) is 4.99. The fraction of sp³-hybridized carbons (Fsp3) is 0.464. The molecule has 176 valence electrons. The molecule has 1 saturated carbocycles. The van der Waals surface area contributed by atoms with E-state index in [4.69, 9.17) is 0 Å². The minimum absolute atomic E-state index is 0.0892. The topological polar surface area (TPSA) is 65.0 Å². The zero-order chi connectivity index (χ0) is 23.1. The van der Waals surface area contributed by atoms with Crippen molar-refractivity contribution < 1.29 is 9.59 Å². The van der Waals surface area contributed by atoms with Gasteiger partial charge in [-0.2, -0.15) is 0 Å². The number of likely N-dealkylation sites (tertiary alicyclic amines) is 2. The molecule has 6 rings (SSSR count). The molecule has 34 heavy (non-hydrogen) atoms. The first-order chi connectivity index (χ1) is 16.7. The van der Waals surface area contributed by atoms with Crippen LogP contribution in [0.2, 0.25) is 0 Å². The Morgan fingerprint density at radius 1 is 0.882 bits per heavy atom. The first kappa shape index (κ1) is 21.5. The predicted molar refractivity (Wildman–Crippen MR) is 133 cm³/mol. The van der Waals surface area contributed by atoms with E-state index in [2.05, 4.69) is 33.4 Å². The Kier molecular flexibility index (Phi) is 5.69. The van der Waals surface area contributed by atoms with Crippen LogP contribution in [0.3, 0.4) is 0 Å². The standard InChI is InChI=1S/C28H32N4O2/c33-27(19-6-7-19)30-26-25-9-8-21(17-23(25)18-29-26)20-4-3-5-22(16-20)28(34)32-14-10-24(11-15-32)31-12-1-2-13-31/h3-5,8-9,16-17,19,24H,1-2,6-7,10-15,18H2,(H,29,30,33). The van der Waals surface area contributed by atoms with Gasteiger partial charge in [0.15, 0.2) is 0 Å². The molecule has 6 nitrogen and oxygen atoms in total. The van der Waals surface area contributed by atoms with Crippen LogP contribution in [-0.4, -0.2) is 59.7 Å². The number of nitrogens with one attached hydrogen (secondary N) is 1. The highest BCUT2D eigenvalue weighted by atomic mass is 16.2. The summed E-state index contributed by atoms with van der Waals surface area (Å²) in [5, 5.41) is 3.00. The van der Waals surface area contributed by atoms with Crippen LogP contribution >= 0.6 is 0 Å². The zero-order valence-corrected chi connectivity index (χ0v) is 19.6. The summed E-state index contributed by atoms with van der Waals surface area (Å²) in [6, 6.07) is 14.9. The molecule has 3 aliphatic heterocycles. The molecule has 4 aliphatic rings. The molecule has 3 heterocycles. The molecule has 0 spiro atoms. The number of hydrogen-bond donors (Lipinski definition) is 1. The van der Waals surface area contributed by atoms with E-state index in [9.17, 15) is 9.59 Å². The Morgan fingerprint density at radius 2 is 1.65 bits per heavy atom. The van der Waals surface area contributed by atoms with E-state index in [-0.39, 0.29) is 17.7 Å². The van der Waals surface area contributed by atoms with Gasteiger partial charge in [-0.3, -0.25) is 14.6 Å². The van der Waals surface area contributed by atoms with Crippen molar-refractivity contribution in [3.8, 4) is 11.1 Å². The Morgan fingerprint density at radius 3 is 2.41 bits per heavy atom. The molecule has 0 unspecified atom stereocenters. The molecule has 2 aromatic carbocycles. The molecule has 1 aliphatic carbocycles. The van der Waals surface area contributed by atoms with Gasteiger partial charge in [0.05, 0.1) is 6.54 Å². The molecule has 0 atom stereocenters. The predicted octanol–water partition coefficient (Wildman–Crippen LogP) is 3.84. The summed E-state index contributed by atoms with van der Waals surface area (Å²) < 4.78 is 0. The van der Waals surface area contributed by atoms with Gasteiger partial charge in [0.2, 0.25) is 5.91 Å². The normalized spacial score (nSPS) is 20.8. The molecule has 6 heteroatoms. The molecular formula is C28H32N4O2. The maximum atomic E-state index is 13.3. The van der Waals surface area contributed by atoms with Crippen LogP contribution in [0.5, 0.6) is 0 Å². The molecule has 0 bridgehead atoms. The molecule has 3 fully saturated rings. The van der Waals surface area contributed by atoms with Crippen molar-refractivity contribution >= 4 is 17.6 Å². The van der Waals surface area contributed by atoms with E-state index < -0.39 is 0 Å². The highest BCUT2D eigenvalue weighted by molar-refractivity contribution is 6.11. The van der Waals surface area contributed by atoms with Gasteiger partial charge in [-0.25, -0.2) is 0 Å². The van der Waals surface area contributed by atoms with E-state index in [1.54, 1.807) is 0 Å². The number of fused-ring (bicyclic) bond motifs is 1. The third-order valence-electron chi connectivity index (χ3n) is 7.81. The third-order valence-corrected chi connectivity index (χ3v) is 7.81. The van der Waals surface area contributed by atoms with E-state index in [1.165, 1.54) is 25.9 Å². The maximum Gasteiger partial charge on any atom is 0.253 e. The average molecular weight is 457 g/mol. The van der Waals surface area contributed by atoms with Crippen LogP contribution in [0.25, 0.3) is 11.1 Å². The molecule has 0 aromatic heterocycles. The fourth-order valence-corrected chi connectivity index (χ4v) is 5.61. The lowest BCUT2D eigenvalue weighted by Crippen LogP contribution is -2.45. The number of carbonyl (C=O) groups is 2. The average Bonchev–Trinajstić information content (AvgIpc) is 3.45. The lowest BCUT2D eigenvalue weighted by Gasteiger charge is -2.36. The summed E-state index contributed by atoms with van der Waals surface area (Å²) in [7, 11) is 0. The highest BCUT2D eigenvalue weighted by Gasteiger charge is 2.32. The summed E-state index contributed by atoms with van der Waals surface area (Å²) >= 11 is 0. The van der Waals surface area contributed by atoms with Gasteiger partial charge in [-0.05, 0) is 86.5 Å². The first-order valence-electron chi connectivity index (χ1n) is 12.8. The molecular weight excluding hydrogens is 424 g/mol. The van der Waals surface area contributed by atoms with Crippen molar-refractivity contribution in [2.75, 3.05) is 26.2 Å². The lowest BCUT2D eigenvalue weighted by molar-refractivity contribution is -0.120. The van der Waals surface area contributed by atoms with Crippen LogP contribution in [0, 0.1) is 5.92 Å². The number of carbonyl (C=O) groups excluding carboxylic acids is 2. The van der Waals surface area contributed by atoms with E-state index >= 15 is 0 Å². The smallest absolute Gasteiger partial charge is 0.253 e. The first-order valence-corrected chi connectivity index (χ1v) is 12.8. The minimum Gasteiger partial charge on any atom is -0.339 e. The highest BCUT2D eigenvalue weighted by Crippen LogP contribution is 2.31. The molecule has 2 amide bonds. The van der Waals surface area contributed by atoms with Gasteiger partial charge in [0.25, 0.3) is 5.91 Å². The van der Waals surface area contributed by atoms with Gasteiger partial charge in [-0.15, -0.1) is 0 Å². The number of aliphatic imine (C=N–C) groups is 1. The Hall–Kier alpha value is -2.99. The second-order valence-electron chi connectivity index (χ2n) is 10.1. The second kappa shape index (κ2) is 8.99. The number of piperidine rings is 1. The van der Waals surface area contributed by atoms with E-state index in [0.29, 0.717) is 18.4 Å². The zero-order valence-electron chi connectivity index (χ0n) is 19.6. The minimum atomic E-state index is 0.0892. The van der Waals surface area contributed by atoms with Gasteiger partial charge in [0.1, 0.15) is 5.84 Å². The maximum absolute atomic E-state index is 13.3. The van der Waals surface area contributed by atoms with Crippen molar-refractivity contribution in [1.29, 1.82) is 0 Å². The van der Waals surface area contributed by atoms with Crippen LogP contribution in [0.15, 0.2) is 47.5 Å². The largest absolute Gasteiger partial charge is 0.339 e. The number of benzene rings is 2. The Bertz CT molecular complexity index is 1140. The van der Waals surface area contributed by atoms with Crippen molar-refractivity contribution in [3.05, 3.63) is 59.2 Å². The number of rotatable bonds is 4. The SMILES string of the molecule is O=C(NC1=NCc2cc(-c3cccc(C(=O)N4CCC(N5CCCC5)CC4)c3)ccc21)C1CC1.